The van der Waals surface area contributed by atoms with Crippen molar-refractivity contribution in [2.45, 2.75) is 51.9 Å². The van der Waals surface area contributed by atoms with Crippen LogP contribution in [0.25, 0.3) is 11.0 Å². The van der Waals surface area contributed by atoms with Crippen molar-refractivity contribution in [3.8, 4) is 0 Å². The van der Waals surface area contributed by atoms with Gasteiger partial charge < -0.3 is 14.4 Å². The molecular formula is C16H24N2O2. The lowest BCUT2D eigenvalue weighted by Crippen LogP contribution is -2.40. The van der Waals surface area contributed by atoms with Crippen molar-refractivity contribution in [1.82, 2.24) is 9.55 Å². The Kier molecular flexibility index (Phi) is 4.45. The highest BCUT2D eigenvalue weighted by Crippen LogP contribution is 2.21. The second-order valence-corrected chi connectivity index (χ2v) is 5.70. The molecule has 0 amide bonds. The number of methoxy groups -OCH3 is 1. The molecule has 0 radical (unpaired) electrons. The van der Waals surface area contributed by atoms with E-state index in [0.29, 0.717) is 6.42 Å². The van der Waals surface area contributed by atoms with Gasteiger partial charge in [0, 0.05) is 20.1 Å². The quantitative estimate of drug-likeness (QED) is 0.882. The molecule has 4 heteroatoms. The predicted molar refractivity (Wildman–Crippen MR) is 80.8 cm³/mol. The van der Waals surface area contributed by atoms with Gasteiger partial charge in [0.05, 0.1) is 22.7 Å². The molecule has 0 aliphatic heterocycles. The Morgan fingerprint density at radius 3 is 2.70 bits per heavy atom. The summed E-state index contributed by atoms with van der Waals surface area (Å²) in [5, 5.41) is 10.4. The van der Waals surface area contributed by atoms with Crippen molar-refractivity contribution < 1.29 is 9.84 Å². The van der Waals surface area contributed by atoms with E-state index in [1.165, 1.54) is 0 Å². The van der Waals surface area contributed by atoms with Crippen LogP contribution in [0.4, 0.5) is 0 Å². The summed E-state index contributed by atoms with van der Waals surface area (Å²) in [6, 6.07) is 8.11. The van der Waals surface area contributed by atoms with Crippen molar-refractivity contribution in [3.05, 3.63) is 30.1 Å². The Labute approximate surface area is 120 Å². The van der Waals surface area contributed by atoms with Crippen LogP contribution < -0.4 is 0 Å². The molecule has 0 aliphatic carbocycles. The first-order chi connectivity index (χ1) is 9.49. The highest BCUT2D eigenvalue weighted by Gasteiger charge is 2.29. The molecule has 1 atom stereocenters. The van der Waals surface area contributed by atoms with E-state index >= 15 is 0 Å². The van der Waals surface area contributed by atoms with E-state index in [9.17, 15) is 5.11 Å². The Balaban J connectivity index is 2.36. The smallest absolute Gasteiger partial charge is 0.112 e. The topological polar surface area (TPSA) is 47.3 Å². The van der Waals surface area contributed by atoms with Crippen molar-refractivity contribution in [1.29, 1.82) is 0 Å². The minimum Gasteiger partial charge on any atom is -0.390 e. The van der Waals surface area contributed by atoms with Crippen LogP contribution in [0.3, 0.4) is 0 Å². The van der Waals surface area contributed by atoms with E-state index in [0.717, 1.165) is 29.8 Å². The SMILES string of the molecule is CCCn1c(CC(O)C(C)(C)OC)nc2ccccc21. The van der Waals surface area contributed by atoms with Crippen molar-refractivity contribution >= 4 is 11.0 Å². The number of para-hydroxylation sites is 2. The molecule has 20 heavy (non-hydrogen) atoms. The zero-order chi connectivity index (χ0) is 14.8. The average molecular weight is 276 g/mol. The summed E-state index contributed by atoms with van der Waals surface area (Å²) in [6.45, 7) is 6.85. The minimum atomic E-state index is -0.583. The van der Waals surface area contributed by atoms with E-state index in [1.807, 2.05) is 32.0 Å². The molecule has 0 spiro atoms. The largest absolute Gasteiger partial charge is 0.390 e. The number of benzene rings is 1. The van der Waals surface area contributed by atoms with Crippen LogP contribution in [-0.4, -0.2) is 33.5 Å². The average Bonchev–Trinajstić information content (AvgIpc) is 2.77. The maximum absolute atomic E-state index is 10.4. The van der Waals surface area contributed by atoms with Crippen molar-refractivity contribution in [2.24, 2.45) is 0 Å². The molecule has 1 heterocycles. The first-order valence-corrected chi connectivity index (χ1v) is 7.17. The third-order valence-electron chi connectivity index (χ3n) is 3.89. The zero-order valence-electron chi connectivity index (χ0n) is 12.8. The number of rotatable bonds is 6. The van der Waals surface area contributed by atoms with Crippen LogP contribution >= 0.6 is 0 Å². The van der Waals surface area contributed by atoms with Crippen LogP contribution in [-0.2, 0) is 17.7 Å². The molecule has 1 unspecified atom stereocenters. The van der Waals surface area contributed by atoms with Gasteiger partial charge in [-0.15, -0.1) is 0 Å². The lowest BCUT2D eigenvalue weighted by molar-refractivity contribution is -0.0773. The van der Waals surface area contributed by atoms with Crippen LogP contribution in [0.2, 0.25) is 0 Å². The number of hydrogen-bond donors (Lipinski definition) is 1. The molecule has 0 bridgehead atoms. The number of imidazole rings is 1. The van der Waals surface area contributed by atoms with Crippen LogP contribution in [0.5, 0.6) is 0 Å². The predicted octanol–water partition coefficient (Wildman–Crippen LogP) is 2.77. The Morgan fingerprint density at radius 2 is 2.05 bits per heavy atom. The fraction of sp³-hybridized carbons (Fsp3) is 0.562. The monoisotopic (exact) mass is 276 g/mol. The van der Waals surface area contributed by atoms with Gasteiger partial charge in [-0.1, -0.05) is 19.1 Å². The fourth-order valence-electron chi connectivity index (χ4n) is 2.31. The molecule has 2 aromatic rings. The van der Waals surface area contributed by atoms with Gasteiger partial charge >= 0.3 is 0 Å². The van der Waals surface area contributed by atoms with E-state index in [-0.39, 0.29) is 0 Å². The number of aryl methyl sites for hydroxylation is 1. The molecule has 0 saturated carbocycles. The van der Waals surface area contributed by atoms with Gasteiger partial charge in [-0.3, -0.25) is 0 Å². The Hall–Kier alpha value is -1.39. The summed E-state index contributed by atoms with van der Waals surface area (Å²) >= 11 is 0. The molecule has 0 aliphatic rings. The molecule has 1 aromatic heterocycles. The standard InChI is InChI=1S/C16H24N2O2/c1-5-10-18-13-9-7-6-8-12(13)17-15(18)11-14(19)16(2,3)20-4/h6-9,14,19H,5,10-11H2,1-4H3. The lowest BCUT2D eigenvalue weighted by Gasteiger charge is -2.28. The maximum Gasteiger partial charge on any atom is 0.112 e. The number of fused-ring (bicyclic) bond motifs is 1. The van der Waals surface area contributed by atoms with Gasteiger partial charge in [0.1, 0.15) is 5.82 Å². The van der Waals surface area contributed by atoms with Gasteiger partial charge in [0.25, 0.3) is 0 Å². The van der Waals surface area contributed by atoms with Gasteiger partial charge in [-0.2, -0.15) is 0 Å². The zero-order valence-corrected chi connectivity index (χ0v) is 12.8. The molecule has 0 saturated heterocycles. The van der Waals surface area contributed by atoms with E-state index in [1.54, 1.807) is 7.11 Å². The minimum absolute atomic E-state index is 0.496. The van der Waals surface area contributed by atoms with E-state index < -0.39 is 11.7 Å². The van der Waals surface area contributed by atoms with Gasteiger partial charge in [0.15, 0.2) is 0 Å². The Morgan fingerprint density at radius 1 is 1.35 bits per heavy atom. The third kappa shape index (κ3) is 2.86. The van der Waals surface area contributed by atoms with E-state index in [2.05, 4.69) is 22.5 Å². The lowest BCUT2D eigenvalue weighted by atomic mass is 9.98. The number of nitrogens with zero attached hydrogens (tertiary/aromatic N) is 2. The molecule has 0 fully saturated rings. The first kappa shape index (κ1) is 15.0. The van der Waals surface area contributed by atoms with Gasteiger partial charge in [0.2, 0.25) is 0 Å². The summed E-state index contributed by atoms with van der Waals surface area (Å²) in [6.07, 6.45) is 0.951. The second kappa shape index (κ2) is 5.94. The molecule has 4 nitrogen and oxygen atoms in total. The Bertz CT molecular complexity index is 575. The number of hydrogen-bond acceptors (Lipinski definition) is 3. The van der Waals surface area contributed by atoms with Crippen molar-refractivity contribution in [3.63, 3.8) is 0 Å². The number of aliphatic hydroxyl groups excluding tert-OH is 1. The molecule has 1 N–H and O–H groups in total. The van der Waals surface area contributed by atoms with Gasteiger partial charge in [-0.05, 0) is 32.4 Å². The number of aromatic nitrogens is 2. The highest BCUT2D eigenvalue weighted by molar-refractivity contribution is 5.75. The van der Waals surface area contributed by atoms with Crippen LogP contribution in [0.15, 0.2) is 24.3 Å². The molecule has 110 valence electrons. The fourth-order valence-corrected chi connectivity index (χ4v) is 2.31. The van der Waals surface area contributed by atoms with Crippen LogP contribution in [0, 0.1) is 0 Å². The van der Waals surface area contributed by atoms with E-state index in [4.69, 9.17) is 4.74 Å². The third-order valence-corrected chi connectivity index (χ3v) is 3.89. The summed E-state index contributed by atoms with van der Waals surface area (Å²) in [5.74, 6) is 0.922. The van der Waals surface area contributed by atoms with Gasteiger partial charge in [-0.25, -0.2) is 4.98 Å². The molecule has 2 rings (SSSR count). The summed E-state index contributed by atoms with van der Waals surface area (Å²) in [4.78, 5) is 4.67. The summed E-state index contributed by atoms with van der Waals surface area (Å²) in [7, 11) is 1.62. The highest BCUT2D eigenvalue weighted by atomic mass is 16.5. The summed E-state index contributed by atoms with van der Waals surface area (Å²) in [5.41, 5.74) is 1.54. The molecule has 1 aromatic carbocycles. The van der Waals surface area contributed by atoms with Crippen LogP contribution in [0.1, 0.15) is 33.0 Å². The number of ether oxygens (including phenoxy) is 1. The number of aliphatic hydroxyl groups is 1. The van der Waals surface area contributed by atoms with Crippen molar-refractivity contribution in [2.75, 3.05) is 7.11 Å². The normalized spacial score (nSPS) is 13.8. The first-order valence-electron chi connectivity index (χ1n) is 7.17. The maximum atomic E-state index is 10.4. The second-order valence-electron chi connectivity index (χ2n) is 5.70. The molecular weight excluding hydrogens is 252 g/mol. The summed E-state index contributed by atoms with van der Waals surface area (Å²) < 4.78 is 7.56.